The van der Waals surface area contributed by atoms with E-state index in [1.807, 2.05) is 31.2 Å². The zero-order valence-corrected chi connectivity index (χ0v) is 17.3. The molecule has 0 aliphatic rings. The van der Waals surface area contributed by atoms with Crippen LogP contribution < -0.4 is 4.72 Å². The fourth-order valence-corrected chi connectivity index (χ4v) is 3.51. The molecule has 156 valence electrons. The van der Waals surface area contributed by atoms with Gasteiger partial charge in [0.15, 0.2) is 6.10 Å². The van der Waals surface area contributed by atoms with Crippen LogP contribution in [0.2, 0.25) is 0 Å². The van der Waals surface area contributed by atoms with Crippen molar-refractivity contribution in [3.8, 4) is 11.5 Å². The maximum Gasteiger partial charge on any atom is 0.338 e. The van der Waals surface area contributed by atoms with Crippen LogP contribution in [0.1, 0.15) is 34.8 Å². The van der Waals surface area contributed by atoms with Gasteiger partial charge in [0.05, 0.1) is 10.5 Å². The molecule has 3 rings (SSSR count). The third kappa shape index (κ3) is 5.00. The number of aromatic nitrogens is 2. The zero-order chi connectivity index (χ0) is 21.7. The van der Waals surface area contributed by atoms with Crippen molar-refractivity contribution in [2.45, 2.75) is 24.8 Å². The summed E-state index contributed by atoms with van der Waals surface area (Å²) in [5, 5.41) is 7.94. The molecule has 1 heterocycles. The molecule has 0 amide bonds. The minimum atomic E-state index is -3.66. The van der Waals surface area contributed by atoms with E-state index in [0.29, 0.717) is 5.89 Å². The Hall–Kier alpha value is -3.30. The number of rotatable bonds is 8. The number of nitrogens with zero attached hydrogens (tertiary/aromatic N) is 2. The van der Waals surface area contributed by atoms with Crippen molar-refractivity contribution in [3.05, 3.63) is 78.2 Å². The van der Waals surface area contributed by atoms with E-state index in [1.54, 1.807) is 6.92 Å². The highest BCUT2D eigenvalue weighted by Crippen LogP contribution is 2.23. The molecule has 0 aliphatic carbocycles. The molecule has 8 nitrogen and oxygen atoms in total. The van der Waals surface area contributed by atoms with Gasteiger partial charge in [0.2, 0.25) is 15.9 Å². The first kappa shape index (κ1) is 21.4. The molecule has 0 fully saturated rings. The Balaban J connectivity index is 1.67. The van der Waals surface area contributed by atoms with Gasteiger partial charge in [0.25, 0.3) is 5.89 Å². The number of hydrogen-bond donors (Lipinski definition) is 1. The Labute approximate surface area is 174 Å². The number of nitrogens with one attached hydrogen (secondary N) is 1. The summed E-state index contributed by atoms with van der Waals surface area (Å²) in [4.78, 5) is 12.4. The molecular weight excluding hydrogens is 406 g/mol. The Morgan fingerprint density at radius 3 is 2.47 bits per heavy atom. The van der Waals surface area contributed by atoms with Crippen molar-refractivity contribution in [2.75, 3.05) is 6.54 Å². The molecule has 1 atom stereocenters. The van der Waals surface area contributed by atoms with Crippen molar-refractivity contribution < 1.29 is 22.4 Å². The minimum Gasteiger partial charge on any atom is -0.449 e. The predicted molar refractivity (Wildman–Crippen MR) is 110 cm³/mol. The summed E-state index contributed by atoms with van der Waals surface area (Å²) in [6, 6.07) is 13.0. The van der Waals surface area contributed by atoms with Gasteiger partial charge < -0.3 is 9.15 Å². The van der Waals surface area contributed by atoms with Gasteiger partial charge in [-0.25, -0.2) is 17.9 Å². The van der Waals surface area contributed by atoms with Gasteiger partial charge in [-0.1, -0.05) is 23.8 Å². The van der Waals surface area contributed by atoms with Gasteiger partial charge in [-0.15, -0.1) is 16.8 Å². The molecule has 0 aliphatic heterocycles. The van der Waals surface area contributed by atoms with Crippen LogP contribution in [-0.2, 0) is 14.8 Å². The summed E-state index contributed by atoms with van der Waals surface area (Å²) < 4.78 is 37.5. The number of sulfonamides is 1. The summed E-state index contributed by atoms with van der Waals surface area (Å²) in [5.41, 5.74) is 2.07. The third-order valence-corrected chi connectivity index (χ3v) is 5.63. The number of benzene rings is 2. The van der Waals surface area contributed by atoms with Gasteiger partial charge in [0.1, 0.15) is 0 Å². The van der Waals surface area contributed by atoms with Gasteiger partial charge in [-0.05, 0) is 50.2 Å². The van der Waals surface area contributed by atoms with Crippen LogP contribution in [0.15, 0.2) is 70.5 Å². The number of carbonyl (C=O) groups is 1. The number of aryl methyl sites for hydroxylation is 1. The van der Waals surface area contributed by atoms with Crippen LogP contribution in [0.3, 0.4) is 0 Å². The van der Waals surface area contributed by atoms with Crippen molar-refractivity contribution in [3.63, 3.8) is 0 Å². The Morgan fingerprint density at radius 2 is 1.83 bits per heavy atom. The fraction of sp³-hybridized carbons (Fsp3) is 0.190. The first-order valence-corrected chi connectivity index (χ1v) is 10.6. The first-order valence-electron chi connectivity index (χ1n) is 9.12. The molecule has 0 spiro atoms. The molecule has 1 N–H and O–H groups in total. The predicted octanol–water partition coefficient (Wildman–Crippen LogP) is 3.43. The molecule has 1 unspecified atom stereocenters. The number of ether oxygens (including phenoxy) is 1. The molecule has 1 aromatic heterocycles. The monoisotopic (exact) mass is 427 g/mol. The smallest absolute Gasteiger partial charge is 0.338 e. The molecule has 30 heavy (non-hydrogen) atoms. The highest BCUT2D eigenvalue weighted by molar-refractivity contribution is 7.89. The highest BCUT2D eigenvalue weighted by atomic mass is 32.2. The second-order valence-electron chi connectivity index (χ2n) is 6.52. The van der Waals surface area contributed by atoms with Gasteiger partial charge in [-0.2, -0.15) is 0 Å². The lowest BCUT2D eigenvalue weighted by atomic mass is 10.1. The number of hydrogen-bond acceptors (Lipinski definition) is 7. The first-order chi connectivity index (χ1) is 14.3. The lowest BCUT2D eigenvalue weighted by molar-refractivity contribution is 0.0279. The average molecular weight is 427 g/mol. The molecular formula is C21H21N3O5S. The van der Waals surface area contributed by atoms with Crippen LogP contribution in [0, 0.1) is 6.92 Å². The number of carbonyl (C=O) groups excluding carboxylic acids is 1. The summed E-state index contributed by atoms with van der Waals surface area (Å²) in [5.74, 6) is -0.151. The van der Waals surface area contributed by atoms with Crippen molar-refractivity contribution in [1.29, 1.82) is 0 Å². The van der Waals surface area contributed by atoms with E-state index in [4.69, 9.17) is 9.15 Å². The highest BCUT2D eigenvalue weighted by Gasteiger charge is 2.21. The second kappa shape index (κ2) is 9.02. The van der Waals surface area contributed by atoms with Crippen LogP contribution in [-0.4, -0.2) is 31.1 Å². The van der Waals surface area contributed by atoms with Crippen molar-refractivity contribution in [1.82, 2.24) is 14.9 Å². The van der Waals surface area contributed by atoms with Crippen LogP contribution in [0.5, 0.6) is 0 Å². The Bertz CT molecular complexity index is 1140. The summed E-state index contributed by atoms with van der Waals surface area (Å²) in [6.07, 6.45) is 0.661. The molecule has 9 heteroatoms. The standard InChI is InChI=1S/C21H21N3O5S/c1-4-13-22-30(26,27)18-11-9-17(10-12-18)21(25)28-15(3)19-23-24-20(29-19)16-7-5-14(2)6-8-16/h4-12,15,22H,1,13H2,2-3H3. The zero-order valence-electron chi connectivity index (χ0n) is 16.5. The van der Waals surface area contributed by atoms with Crippen LogP contribution in [0.4, 0.5) is 0 Å². The van der Waals surface area contributed by atoms with Gasteiger partial charge in [0, 0.05) is 12.1 Å². The summed E-state index contributed by atoms with van der Waals surface area (Å²) in [7, 11) is -3.66. The molecule has 0 saturated carbocycles. The lowest BCUT2D eigenvalue weighted by Gasteiger charge is -2.10. The fourth-order valence-electron chi connectivity index (χ4n) is 2.51. The minimum absolute atomic E-state index is 0.0357. The third-order valence-electron chi connectivity index (χ3n) is 4.19. The van der Waals surface area contributed by atoms with E-state index >= 15 is 0 Å². The maximum atomic E-state index is 12.4. The number of esters is 1. The molecule has 3 aromatic rings. The van der Waals surface area contributed by atoms with Gasteiger partial charge >= 0.3 is 5.97 Å². The van der Waals surface area contributed by atoms with Crippen LogP contribution >= 0.6 is 0 Å². The largest absolute Gasteiger partial charge is 0.449 e. The topological polar surface area (TPSA) is 111 Å². The van der Waals surface area contributed by atoms with E-state index in [9.17, 15) is 13.2 Å². The van der Waals surface area contributed by atoms with Crippen LogP contribution in [0.25, 0.3) is 11.5 Å². The second-order valence-corrected chi connectivity index (χ2v) is 8.29. The van der Waals surface area contributed by atoms with Gasteiger partial charge in [-0.3, -0.25) is 0 Å². The van der Waals surface area contributed by atoms with E-state index in [1.165, 1.54) is 30.3 Å². The Morgan fingerprint density at radius 1 is 1.17 bits per heavy atom. The van der Waals surface area contributed by atoms with Crippen molar-refractivity contribution >= 4 is 16.0 Å². The molecule has 0 saturated heterocycles. The normalized spacial score (nSPS) is 12.3. The van der Waals surface area contributed by atoms with E-state index in [2.05, 4.69) is 21.5 Å². The van der Waals surface area contributed by atoms with E-state index in [-0.39, 0.29) is 22.9 Å². The molecule has 0 radical (unpaired) electrons. The van der Waals surface area contributed by atoms with E-state index in [0.717, 1.165) is 11.1 Å². The SMILES string of the molecule is C=CCNS(=O)(=O)c1ccc(C(=O)OC(C)c2nnc(-c3ccc(C)cc3)o2)cc1. The maximum absolute atomic E-state index is 12.4. The van der Waals surface area contributed by atoms with Crippen molar-refractivity contribution in [2.24, 2.45) is 0 Å². The van der Waals surface area contributed by atoms with E-state index < -0.39 is 22.1 Å². The summed E-state index contributed by atoms with van der Waals surface area (Å²) in [6.45, 7) is 7.16. The molecule has 0 bridgehead atoms. The quantitative estimate of drug-likeness (QED) is 0.433. The Kier molecular flexibility index (Phi) is 6.43. The lowest BCUT2D eigenvalue weighted by Crippen LogP contribution is -2.23. The average Bonchev–Trinajstić information content (AvgIpc) is 3.23. The summed E-state index contributed by atoms with van der Waals surface area (Å²) >= 11 is 0. The molecule has 2 aromatic carbocycles.